The fraction of sp³-hybridized carbons (Fsp3) is 0.900. The molecule has 4 nitrogen and oxygen atoms in total. The lowest BCUT2D eigenvalue weighted by molar-refractivity contribution is -0.122. The minimum atomic E-state index is 0.0956. The average molecular weight is 201 g/mol. The molecular formula is C10H23N3O. The van der Waals surface area contributed by atoms with E-state index >= 15 is 0 Å². The number of hydrogen-bond donors (Lipinski definition) is 2. The van der Waals surface area contributed by atoms with Crippen LogP contribution in [0.3, 0.4) is 0 Å². The fourth-order valence-corrected chi connectivity index (χ4v) is 1.06. The highest BCUT2D eigenvalue weighted by atomic mass is 16.2. The van der Waals surface area contributed by atoms with Gasteiger partial charge in [0.05, 0.1) is 6.54 Å². The van der Waals surface area contributed by atoms with Crippen LogP contribution in [0.5, 0.6) is 0 Å². The first kappa shape index (κ1) is 13.4. The number of rotatable bonds is 7. The van der Waals surface area contributed by atoms with E-state index in [-0.39, 0.29) is 5.91 Å². The van der Waals surface area contributed by atoms with E-state index < -0.39 is 0 Å². The van der Waals surface area contributed by atoms with Crippen LogP contribution in [-0.4, -0.2) is 44.0 Å². The van der Waals surface area contributed by atoms with Gasteiger partial charge in [-0.3, -0.25) is 9.69 Å². The lowest BCUT2D eigenvalue weighted by atomic mass is 10.2. The molecule has 0 heterocycles. The normalized spacial score (nSPS) is 11.0. The van der Waals surface area contributed by atoms with Gasteiger partial charge in [-0.25, -0.2) is 0 Å². The zero-order chi connectivity index (χ0) is 11.0. The Morgan fingerprint density at radius 3 is 2.64 bits per heavy atom. The summed E-state index contributed by atoms with van der Waals surface area (Å²) in [6, 6.07) is 0. The maximum atomic E-state index is 11.3. The Bertz CT molecular complexity index is 159. The molecule has 0 radical (unpaired) electrons. The molecule has 0 aliphatic rings. The van der Waals surface area contributed by atoms with Crippen LogP contribution in [0.1, 0.15) is 20.3 Å². The number of nitrogens with zero attached hydrogens (tertiary/aromatic N) is 1. The summed E-state index contributed by atoms with van der Waals surface area (Å²) < 4.78 is 0. The molecule has 84 valence electrons. The van der Waals surface area contributed by atoms with Gasteiger partial charge >= 0.3 is 0 Å². The van der Waals surface area contributed by atoms with Gasteiger partial charge in [0.15, 0.2) is 0 Å². The van der Waals surface area contributed by atoms with Gasteiger partial charge in [0.25, 0.3) is 0 Å². The molecule has 0 bridgehead atoms. The predicted octanol–water partition coefficient (Wildman–Crippen LogP) is 0.0392. The second kappa shape index (κ2) is 7.76. The van der Waals surface area contributed by atoms with E-state index in [4.69, 9.17) is 5.73 Å². The van der Waals surface area contributed by atoms with Crippen LogP contribution < -0.4 is 11.1 Å². The van der Waals surface area contributed by atoms with Crippen LogP contribution in [-0.2, 0) is 4.79 Å². The Hall–Kier alpha value is -0.610. The van der Waals surface area contributed by atoms with Crippen LogP contribution in [0.2, 0.25) is 0 Å². The number of likely N-dealkylation sites (N-methyl/N-ethyl adjacent to an activating group) is 1. The van der Waals surface area contributed by atoms with Crippen molar-refractivity contribution < 1.29 is 4.79 Å². The quantitative estimate of drug-likeness (QED) is 0.611. The Labute approximate surface area is 86.8 Å². The first-order chi connectivity index (χ1) is 6.56. The van der Waals surface area contributed by atoms with Crippen molar-refractivity contribution in [3.63, 3.8) is 0 Å². The van der Waals surface area contributed by atoms with E-state index in [0.29, 0.717) is 19.0 Å². The fourth-order valence-electron chi connectivity index (χ4n) is 1.06. The number of amides is 1. The predicted molar refractivity (Wildman–Crippen MR) is 59.0 cm³/mol. The van der Waals surface area contributed by atoms with Crippen molar-refractivity contribution in [2.75, 3.05) is 33.2 Å². The highest BCUT2D eigenvalue weighted by Crippen LogP contribution is 1.89. The third kappa shape index (κ3) is 8.01. The number of hydrogen-bond acceptors (Lipinski definition) is 3. The summed E-state index contributed by atoms with van der Waals surface area (Å²) in [5.41, 5.74) is 5.38. The number of carbonyl (C=O) groups excluding carboxylic acids is 1. The maximum absolute atomic E-state index is 11.3. The summed E-state index contributed by atoms with van der Waals surface area (Å²) in [6.07, 6.45) is 0.938. The summed E-state index contributed by atoms with van der Waals surface area (Å²) in [7, 11) is 1.94. The van der Waals surface area contributed by atoms with Gasteiger partial charge in [-0.2, -0.15) is 0 Å². The van der Waals surface area contributed by atoms with Gasteiger partial charge in [-0.1, -0.05) is 13.8 Å². The molecule has 0 rings (SSSR count). The zero-order valence-corrected chi connectivity index (χ0v) is 9.55. The molecule has 4 heteroatoms. The molecule has 0 unspecified atom stereocenters. The smallest absolute Gasteiger partial charge is 0.234 e. The molecule has 0 aliphatic carbocycles. The largest absolute Gasteiger partial charge is 0.355 e. The monoisotopic (exact) mass is 201 g/mol. The van der Waals surface area contributed by atoms with Gasteiger partial charge in [0.1, 0.15) is 0 Å². The van der Waals surface area contributed by atoms with Crippen LogP contribution in [0, 0.1) is 5.92 Å². The Morgan fingerprint density at radius 2 is 2.14 bits per heavy atom. The van der Waals surface area contributed by atoms with E-state index in [9.17, 15) is 4.79 Å². The molecule has 0 spiro atoms. The summed E-state index contributed by atoms with van der Waals surface area (Å²) in [6.45, 7) is 6.94. The van der Waals surface area contributed by atoms with Gasteiger partial charge in [0.2, 0.25) is 5.91 Å². The number of carbonyl (C=O) groups is 1. The Morgan fingerprint density at radius 1 is 1.50 bits per heavy atom. The van der Waals surface area contributed by atoms with Crippen molar-refractivity contribution in [2.45, 2.75) is 20.3 Å². The minimum Gasteiger partial charge on any atom is -0.355 e. The molecule has 14 heavy (non-hydrogen) atoms. The molecular weight excluding hydrogens is 178 g/mol. The summed E-state index contributed by atoms with van der Waals surface area (Å²) in [4.78, 5) is 13.3. The van der Waals surface area contributed by atoms with E-state index in [1.807, 2.05) is 11.9 Å². The van der Waals surface area contributed by atoms with Crippen LogP contribution in [0.4, 0.5) is 0 Å². The van der Waals surface area contributed by atoms with Crippen molar-refractivity contribution in [2.24, 2.45) is 11.7 Å². The summed E-state index contributed by atoms with van der Waals surface area (Å²) in [5, 5.41) is 2.88. The summed E-state index contributed by atoms with van der Waals surface area (Å²) in [5.74, 6) is 0.603. The molecule has 0 aromatic heterocycles. The molecule has 0 saturated heterocycles. The van der Waals surface area contributed by atoms with Gasteiger partial charge in [0, 0.05) is 6.54 Å². The van der Waals surface area contributed by atoms with E-state index in [1.165, 1.54) is 0 Å². The SMILES string of the molecule is CC(C)CNC(=O)CN(C)CCCN. The Balaban J connectivity index is 3.50. The molecule has 0 saturated carbocycles. The standard InChI is InChI=1S/C10H23N3O/c1-9(2)7-12-10(14)8-13(3)6-4-5-11/h9H,4-8,11H2,1-3H3,(H,12,14). The first-order valence-corrected chi connectivity index (χ1v) is 5.21. The number of nitrogens with two attached hydrogens (primary N) is 1. The molecule has 0 aliphatic heterocycles. The third-order valence-electron chi connectivity index (χ3n) is 1.86. The maximum Gasteiger partial charge on any atom is 0.234 e. The molecule has 0 aromatic carbocycles. The Kier molecular flexibility index (Phi) is 7.42. The van der Waals surface area contributed by atoms with E-state index in [1.54, 1.807) is 0 Å². The highest BCUT2D eigenvalue weighted by Gasteiger charge is 2.05. The van der Waals surface area contributed by atoms with E-state index in [0.717, 1.165) is 19.5 Å². The zero-order valence-electron chi connectivity index (χ0n) is 9.55. The number of nitrogens with one attached hydrogen (secondary N) is 1. The lowest BCUT2D eigenvalue weighted by Crippen LogP contribution is -2.37. The van der Waals surface area contributed by atoms with Crippen LogP contribution in [0.25, 0.3) is 0 Å². The first-order valence-electron chi connectivity index (χ1n) is 5.21. The van der Waals surface area contributed by atoms with Crippen molar-refractivity contribution in [1.29, 1.82) is 0 Å². The van der Waals surface area contributed by atoms with Crippen LogP contribution >= 0.6 is 0 Å². The van der Waals surface area contributed by atoms with Crippen molar-refractivity contribution >= 4 is 5.91 Å². The second-order valence-electron chi connectivity index (χ2n) is 4.08. The third-order valence-corrected chi connectivity index (χ3v) is 1.86. The van der Waals surface area contributed by atoms with Gasteiger partial charge < -0.3 is 11.1 Å². The average Bonchev–Trinajstić information content (AvgIpc) is 2.11. The van der Waals surface area contributed by atoms with Gasteiger partial charge in [-0.15, -0.1) is 0 Å². The molecule has 0 aromatic rings. The minimum absolute atomic E-state index is 0.0956. The molecule has 0 fully saturated rings. The second-order valence-corrected chi connectivity index (χ2v) is 4.08. The summed E-state index contributed by atoms with van der Waals surface area (Å²) >= 11 is 0. The lowest BCUT2D eigenvalue weighted by Gasteiger charge is -2.16. The van der Waals surface area contributed by atoms with Crippen molar-refractivity contribution in [1.82, 2.24) is 10.2 Å². The van der Waals surface area contributed by atoms with E-state index in [2.05, 4.69) is 19.2 Å². The molecule has 3 N–H and O–H groups in total. The molecule has 1 amide bonds. The topological polar surface area (TPSA) is 58.4 Å². The van der Waals surface area contributed by atoms with Crippen molar-refractivity contribution in [3.8, 4) is 0 Å². The van der Waals surface area contributed by atoms with Crippen molar-refractivity contribution in [3.05, 3.63) is 0 Å². The van der Waals surface area contributed by atoms with Gasteiger partial charge in [-0.05, 0) is 32.5 Å². The highest BCUT2D eigenvalue weighted by molar-refractivity contribution is 5.77. The van der Waals surface area contributed by atoms with Crippen LogP contribution in [0.15, 0.2) is 0 Å². The molecule has 0 atom stereocenters.